The van der Waals surface area contributed by atoms with Crippen molar-refractivity contribution in [1.82, 2.24) is 19.4 Å². The lowest BCUT2D eigenvalue weighted by Crippen LogP contribution is -2.45. The topological polar surface area (TPSA) is 76.5 Å². The van der Waals surface area contributed by atoms with Crippen molar-refractivity contribution < 1.29 is 13.2 Å². The number of piperidine rings is 1. The van der Waals surface area contributed by atoms with Gasteiger partial charge < -0.3 is 4.74 Å². The molecule has 1 aliphatic heterocycles. The number of hydrogen-bond donors (Lipinski definition) is 1. The summed E-state index contributed by atoms with van der Waals surface area (Å²) in [6.07, 6.45) is 4.13. The highest BCUT2D eigenvalue weighted by atomic mass is 32.2. The summed E-state index contributed by atoms with van der Waals surface area (Å²) in [6.45, 7) is 4.76. The Labute approximate surface area is 184 Å². The average Bonchev–Trinajstić information content (AvgIpc) is 3.17. The molecule has 7 nitrogen and oxygen atoms in total. The molecule has 31 heavy (non-hydrogen) atoms. The fraction of sp³-hybridized carbons (Fsp3) is 0.435. The number of nitrogens with zero attached hydrogens (tertiary/aromatic N) is 3. The van der Waals surface area contributed by atoms with Crippen LogP contribution in [0.4, 0.5) is 0 Å². The van der Waals surface area contributed by atoms with Gasteiger partial charge in [0.1, 0.15) is 12.4 Å². The smallest absolute Gasteiger partial charge is 0.211 e. The molecule has 0 aliphatic carbocycles. The zero-order chi connectivity index (χ0) is 21.7. The van der Waals surface area contributed by atoms with E-state index in [2.05, 4.69) is 32.9 Å². The molecule has 0 saturated carbocycles. The summed E-state index contributed by atoms with van der Waals surface area (Å²) in [7, 11) is -3.16. The lowest BCUT2D eigenvalue weighted by Gasteiger charge is -2.32. The Bertz CT molecular complexity index is 1090. The maximum Gasteiger partial charge on any atom is 0.211 e. The van der Waals surface area contributed by atoms with Gasteiger partial charge in [0, 0.05) is 19.1 Å². The van der Waals surface area contributed by atoms with Crippen LogP contribution in [0.3, 0.4) is 0 Å². The molecular formula is C23H30N4O3S. The average molecular weight is 443 g/mol. The first kappa shape index (κ1) is 21.8. The van der Waals surface area contributed by atoms with E-state index in [4.69, 9.17) is 4.74 Å². The molecule has 0 radical (unpaired) electrons. The van der Waals surface area contributed by atoms with E-state index in [1.165, 1.54) is 0 Å². The lowest BCUT2D eigenvalue weighted by atomic mass is 10.1. The van der Waals surface area contributed by atoms with Crippen molar-refractivity contribution in [3.05, 3.63) is 60.3 Å². The number of aromatic nitrogens is 2. The Kier molecular flexibility index (Phi) is 6.89. The molecule has 1 aromatic heterocycles. The molecule has 8 heteroatoms. The van der Waals surface area contributed by atoms with Crippen LogP contribution in [0.5, 0.6) is 5.75 Å². The van der Waals surface area contributed by atoms with Crippen molar-refractivity contribution in [2.24, 2.45) is 0 Å². The minimum Gasteiger partial charge on any atom is -0.488 e. The van der Waals surface area contributed by atoms with Crippen LogP contribution >= 0.6 is 0 Å². The molecule has 1 N–H and O–H groups in total. The van der Waals surface area contributed by atoms with Crippen LogP contribution in [0.1, 0.15) is 31.7 Å². The van der Waals surface area contributed by atoms with Gasteiger partial charge in [-0.3, -0.25) is 9.58 Å². The second-order valence-electron chi connectivity index (χ2n) is 8.08. The first-order chi connectivity index (χ1) is 15.0. The summed E-state index contributed by atoms with van der Waals surface area (Å²) >= 11 is 0. The molecule has 0 atom stereocenters. The van der Waals surface area contributed by atoms with Gasteiger partial charge in [-0.05, 0) is 37.0 Å². The Balaban J connectivity index is 1.36. The van der Waals surface area contributed by atoms with Crippen molar-refractivity contribution in [3.8, 4) is 5.75 Å². The highest BCUT2D eigenvalue weighted by Gasteiger charge is 2.23. The van der Waals surface area contributed by atoms with Crippen LogP contribution in [-0.2, 0) is 23.3 Å². The molecule has 2 heterocycles. The molecule has 4 rings (SSSR count). The molecule has 2 aromatic carbocycles. The number of fused-ring (bicyclic) bond motifs is 1. The molecular weight excluding hydrogens is 412 g/mol. The van der Waals surface area contributed by atoms with E-state index < -0.39 is 10.0 Å². The molecule has 1 aliphatic rings. The number of rotatable bonds is 9. The summed E-state index contributed by atoms with van der Waals surface area (Å²) in [4.78, 5) is 2.31. The normalized spacial score (nSPS) is 16.0. The molecule has 3 aromatic rings. The van der Waals surface area contributed by atoms with Crippen molar-refractivity contribution in [3.63, 3.8) is 0 Å². The number of sulfonamides is 1. The minimum absolute atomic E-state index is 0.0279. The fourth-order valence-electron chi connectivity index (χ4n) is 4.01. The van der Waals surface area contributed by atoms with E-state index in [0.29, 0.717) is 19.7 Å². The number of hydrogen-bond acceptors (Lipinski definition) is 5. The summed E-state index contributed by atoms with van der Waals surface area (Å²) in [5, 5.41) is 5.59. The van der Waals surface area contributed by atoms with E-state index in [9.17, 15) is 8.42 Å². The van der Waals surface area contributed by atoms with Gasteiger partial charge in [-0.25, -0.2) is 13.1 Å². The van der Waals surface area contributed by atoms with Crippen LogP contribution in [0.15, 0.2) is 54.7 Å². The maximum absolute atomic E-state index is 12.0. The van der Waals surface area contributed by atoms with Crippen LogP contribution in [-0.4, -0.2) is 48.0 Å². The zero-order valence-electron chi connectivity index (χ0n) is 17.9. The summed E-state index contributed by atoms with van der Waals surface area (Å²) in [6, 6.07) is 16.2. The first-order valence-electron chi connectivity index (χ1n) is 10.9. The molecule has 0 unspecified atom stereocenters. The largest absolute Gasteiger partial charge is 0.488 e. The molecule has 0 amide bonds. The molecule has 0 spiro atoms. The fourth-order valence-corrected chi connectivity index (χ4v) is 5.41. The number of likely N-dealkylation sites (tertiary alicyclic amines) is 1. The van der Waals surface area contributed by atoms with Gasteiger partial charge in [0.25, 0.3) is 0 Å². The Morgan fingerprint density at radius 1 is 1.10 bits per heavy atom. The Morgan fingerprint density at radius 3 is 2.61 bits per heavy atom. The predicted molar refractivity (Wildman–Crippen MR) is 122 cm³/mol. The molecule has 166 valence electrons. The molecule has 0 bridgehead atoms. The second kappa shape index (κ2) is 9.80. The summed E-state index contributed by atoms with van der Waals surface area (Å²) in [5.41, 5.74) is 2.17. The molecule has 1 fully saturated rings. The van der Waals surface area contributed by atoms with Crippen LogP contribution in [0.25, 0.3) is 10.9 Å². The van der Waals surface area contributed by atoms with Crippen molar-refractivity contribution in [1.29, 1.82) is 0 Å². The van der Waals surface area contributed by atoms with E-state index >= 15 is 0 Å². The zero-order valence-corrected chi connectivity index (χ0v) is 18.7. The van der Waals surface area contributed by atoms with Gasteiger partial charge >= 0.3 is 0 Å². The minimum atomic E-state index is -3.16. The SMILES string of the molecule is CCCS(=O)(=O)NC1CCN(Cn2ncc3c(OCc4ccccc4)cccc32)CC1. The maximum atomic E-state index is 12.0. The third-order valence-electron chi connectivity index (χ3n) is 5.63. The summed E-state index contributed by atoms with van der Waals surface area (Å²) in [5.74, 6) is 1.03. The Hall–Kier alpha value is -2.42. The van der Waals surface area contributed by atoms with Gasteiger partial charge in [0.2, 0.25) is 10.0 Å². The van der Waals surface area contributed by atoms with Gasteiger partial charge in [0.15, 0.2) is 0 Å². The number of nitrogens with one attached hydrogen (secondary N) is 1. The van der Waals surface area contributed by atoms with Crippen molar-refractivity contribution in [2.45, 2.75) is 45.5 Å². The monoisotopic (exact) mass is 442 g/mol. The van der Waals surface area contributed by atoms with E-state index in [1.54, 1.807) is 0 Å². The highest BCUT2D eigenvalue weighted by molar-refractivity contribution is 7.89. The van der Waals surface area contributed by atoms with Gasteiger partial charge in [0.05, 0.1) is 29.5 Å². The predicted octanol–water partition coefficient (Wildman–Crippen LogP) is 3.37. The van der Waals surface area contributed by atoms with E-state index in [-0.39, 0.29) is 11.8 Å². The van der Waals surface area contributed by atoms with Gasteiger partial charge in [-0.1, -0.05) is 43.3 Å². The van der Waals surface area contributed by atoms with Crippen LogP contribution in [0.2, 0.25) is 0 Å². The highest BCUT2D eigenvalue weighted by Crippen LogP contribution is 2.26. The third kappa shape index (κ3) is 5.64. The van der Waals surface area contributed by atoms with Crippen LogP contribution < -0.4 is 9.46 Å². The van der Waals surface area contributed by atoms with Gasteiger partial charge in [-0.2, -0.15) is 5.10 Å². The standard InChI is InChI=1S/C23H30N4O3S/c1-2-15-31(28,29)25-20-11-13-26(14-12-20)18-27-22-9-6-10-23(21(22)16-24-27)30-17-19-7-4-3-5-8-19/h3-10,16,20,25H,2,11-15,17-18H2,1H3. The third-order valence-corrected chi connectivity index (χ3v) is 7.26. The van der Waals surface area contributed by atoms with Crippen molar-refractivity contribution >= 4 is 20.9 Å². The Morgan fingerprint density at radius 2 is 1.87 bits per heavy atom. The second-order valence-corrected chi connectivity index (χ2v) is 9.95. The number of ether oxygens (including phenoxy) is 1. The van der Waals surface area contributed by atoms with Gasteiger partial charge in [-0.15, -0.1) is 0 Å². The van der Waals surface area contributed by atoms with Crippen LogP contribution in [0, 0.1) is 0 Å². The summed E-state index contributed by atoms with van der Waals surface area (Å²) < 4.78 is 34.9. The molecule has 1 saturated heterocycles. The number of benzene rings is 2. The first-order valence-corrected chi connectivity index (χ1v) is 12.5. The van der Waals surface area contributed by atoms with E-state index in [0.717, 1.165) is 48.1 Å². The quantitative estimate of drug-likeness (QED) is 0.550. The van der Waals surface area contributed by atoms with Crippen molar-refractivity contribution in [2.75, 3.05) is 18.8 Å². The lowest BCUT2D eigenvalue weighted by molar-refractivity contribution is 0.161. The van der Waals surface area contributed by atoms with E-state index in [1.807, 2.05) is 48.1 Å².